The van der Waals surface area contributed by atoms with Gasteiger partial charge in [0.2, 0.25) is 11.8 Å². The SMILES string of the molecule is O=C1CCC(C(=O)Nc2ccccc2-c2ccccc2)CN1. The van der Waals surface area contributed by atoms with Crippen LogP contribution in [0.25, 0.3) is 11.1 Å². The standard InChI is InChI=1S/C18H18N2O2/c21-17-11-10-14(12-19-17)18(22)20-16-9-5-4-8-15(16)13-6-2-1-3-7-13/h1-9,14H,10-12H2,(H,19,21)(H,20,22). The van der Waals surface area contributed by atoms with E-state index in [1.165, 1.54) is 0 Å². The largest absolute Gasteiger partial charge is 0.355 e. The minimum absolute atomic E-state index is 0.0220. The normalized spacial score (nSPS) is 17.6. The van der Waals surface area contributed by atoms with Gasteiger partial charge in [-0.1, -0.05) is 48.5 Å². The first-order chi connectivity index (χ1) is 10.7. The van der Waals surface area contributed by atoms with Crippen LogP contribution in [0.4, 0.5) is 5.69 Å². The second-order valence-electron chi connectivity index (χ2n) is 5.44. The van der Waals surface area contributed by atoms with Crippen LogP contribution in [0.5, 0.6) is 0 Å². The molecule has 2 aromatic carbocycles. The smallest absolute Gasteiger partial charge is 0.229 e. The van der Waals surface area contributed by atoms with E-state index in [2.05, 4.69) is 10.6 Å². The van der Waals surface area contributed by atoms with E-state index in [-0.39, 0.29) is 17.7 Å². The van der Waals surface area contributed by atoms with E-state index >= 15 is 0 Å². The maximum Gasteiger partial charge on any atom is 0.229 e. The van der Waals surface area contributed by atoms with E-state index in [0.29, 0.717) is 19.4 Å². The molecule has 3 rings (SSSR count). The molecule has 0 radical (unpaired) electrons. The number of para-hydroxylation sites is 1. The first-order valence-corrected chi connectivity index (χ1v) is 7.46. The average molecular weight is 294 g/mol. The summed E-state index contributed by atoms with van der Waals surface area (Å²) in [4.78, 5) is 23.6. The van der Waals surface area contributed by atoms with Gasteiger partial charge in [-0.15, -0.1) is 0 Å². The van der Waals surface area contributed by atoms with Crippen LogP contribution in [0.3, 0.4) is 0 Å². The topological polar surface area (TPSA) is 58.2 Å². The number of anilines is 1. The highest BCUT2D eigenvalue weighted by molar-refractivity contribution is 5.97. The van der Waals surface area contributed by atoms with Crippen LogP contribution in [-0.4, -0.2) is 18.4 Å². The summed E-state index contributed by atoms with van der Waals surface area (Å²) in [6.07, 6.45) is 1.02. The second kappa shape index (κ2) is 6.43. The van der Waals surface area contributed by atoms with Crippen LogP contribution < -0.4 is 10.6 Å². The van der Waals surface area contributed by atoms with Crippen molar-refractivity contribution in [3.63, 3.8) is 0 Å². The molecular weight excluding hydrogens is 276 g/mol. The number of carbonyl (C=O) groups excluding carboxylic acids is 2. The molecule has 2 aromatic rings. The van der Waals surface area contributed by atoms with Crippen LogP contribution in [0.1, 0.15) is 12.8 Å². The van der Waals surface area contributed by atoms with Gasteiger partial charge in [-0.05, 0) is 18.1 Å². The maximum absolute atomic E-state index is 12.4. The van der Waals surface area contributed by atoms with Crippen molar-refractivity contribution in [2.24, 2.45) is 5.92 Å². The number of piperidine rings is 1. The quantitative estimate of drug-likeness (QED) is 0.914. The second-order valence-corrected chi connectivity index (χ2v) is 5.44. The molecule has 0 saturated carbocycles. The zero-order chi connectivity index (χ0) is 15.4. The van der Waals surface area contributed by atoms with E-state index in [1.54, 1.807) is 0 Å². The number of amides is 2. The molecule has 2 N–H and O–H groups in total. The lowest BCUT2D eigenvalue weighted by molar-refractivity contribution is -0.126. The summed E-state index contributed by atoms with van der Waals surface area (Å²) < 4.78 is 0. The van der Waals surface area contributed by atoms with E-state index in [0.717, 1.165) is 16.8 Å². The molecule has 0 aliphatic carbocycles. The van der Waals surface area contributed by atoms with Gasteiger partial charge in [0.1, 0.15) is 0 Å². The summed E-state index contributed by atoms with van der Waals surface area (Å²) in [5.41, 5.74) is 2.86. The Balaban J connectivity index is 1.78. The van der Waals surface area contributed by atoms with Gasteiger partial charge >= 0.3 is 0 Å². The van der Waals surface area contributed by atoms with Crippen LogP contribution in [0.15, 0.2) is 54.6 Å². The van der Waals surface area contributed by atoms with Crippen LogP contribution in [-0.2, 0) is 9.59 Å². The number of carbonyl (C=O) groups is 2. The van der Waals surface area contributed by atoms with Crippen molar-refractivity contribution in [2.75, 3.05) is 11.9 Å². The van der Waals surface area contributed by atoms with Crippen molar-refractivity contribution in [2.45, 2.75) is 12.8 Å². The molecule has 4 heteroatoms. The van der Waals surface area contributed by atoms with E-state index in [4.69, 9.17) is 0 Å². The number of rotatable bonds is 3. The molecule has 1 saturated heterocycles. The van der Waals surface area contributed by atoms with Crippen LogP contribution in [0.2, 0.25) is 0 Å². The molecule has 1 atom stereocenters. The fraction of sp³-hybridized carbons (Fsp3) is 0.222. The first kappa shape index (κ1) is 14.3. The highest BCUT2D eigenvalue weighted by Crippen LogP contribution is 2.28. The Hall–Kier alpha value is -2.62. The molecule has 1 fully saturated rings. The highest BCUT2D eigenvalue weighted by Gasteiger charge is 2.24. The van der Waals surface area contributed by atoms with E-state index < -0.39 is 0 Å². The Morgan fingerprint density at radius 1 is 1.05 bits per heavy atom. The van der Waals surface area contributed by atoms with E-state index in [9.17, 15) is 9.59 Å². The monoisotopic (exact) mass is 294 g/mol. The summed E-state index contributed by atoms with van der Waals surface area (Å²) in [6, 6.07) is 17.7. The lowest BCUT2D eigenvalue weighted by Gasteiger charge is -2.22. The number of hydrogen-bond donors (Lipinski definition) is 2. The van der Waals surface area contributed by atoms with Crippen molar-refractivity contribution < 1.29 is 9.59 Å². The van der Waals surface area contributed by atoms with E-state index in [1.807, 2.05) is 54.6 Å². The highest BCUT2D eigenvalue weighted by atomic mass is 16.2. The molecule has 0 aromatic heterocycles. The molecule has 22 heavy (non-hydrogen) atoms. The summed E-state index contributed by atoms with van der Waals surface area (Å²) in [5.74, 6) is -0.182. The lowest BCUT2D eigenvalue weighted by Crippen LogP contribution is -2.40. The molecule has 112 valence electrons. The molecule has 0 bridgehead atoms. The van der Waals surface area contributed by atoms with Crippen molar-refractivity contribution in [1.29, 1.82) is 0 Å². The number of nitrogens with one attached hydrogen (secondary N) is 2. The first-order valence-electron chi connectivity index (χ1n) is 7.46. The molecule has 2 amide bonds. The molecular formula is C18H18N2O2. The number of hydrogen-bond acceptors (Lipinski definition) is 2. The summed E-state index contributed by atoms with van der Waals surface area (Å²) in [5, 5.41) is 5.75. The van der Waals surface area contributed by atoms with Crippen molar-refractivity contribution in [3.05, 3.63) is 54.6 Å². The lowest BCUT2D eigenvalue weighted by atomic mass is 9.97. The van der Waals surface area contributed by atoms with Gasteiger partial charge in [0.05, 0.1) is 5.92 Å². The number of benzene rings is 2. The zero-order valence-corrected chi connectivity index (χ0v) is 12.2. The van der Waals surface area contributed by atoms with Gasteiger partial charge in [-0.25, -0.2) is 0 Å². The molecule has 1 unspecified atom stereocenters. The zero-order valence-electron chi connectivity index (χ0n) is 12.2. The Bertz CT molecular complexity index is 672. The van der Waals surface area contributed by atoms with Crippen LogP contribution in [0, 0.1) is 5.92 Å². The maximum atomic E-state index is 12.4. The van der Waals surface area contributed by atoms with Gasteiger partial charge in [-0.3, -0.25) is 9.59 Å². The third-order valence-corrected chi connectivity index (χ3v) is 3.91. The van der Waals surface area contributed by atoms with Crippen molar-refractivity contribution in [1.82, 2.24) is 5.32 Å². The Kier molecular flexibility index (Phi) is 4.19. The van der Waals surface area contributed by atoms with Gasteiger partial charge in [0.15, 0.2) is 0 Å². The minimum Gasteiger partial charge on any atom is -0.355 e. The van der Waals surface area contributed by atoms with Gasteiger partial charge in [-0.2, -0.15) is 0 Å². The van der Waals surface area contributed by atoms with Crippen molar-refractivity contribution >= 4 is 17.5 Å². The summed E-state index contributed by atoms with van der Waals surface area (Å²) in [7, 11) is 0. The molecule has 4 nitrogen and oxygen atoms in total. The third kappa shape index (κ3) is 3.17. The Morgan fingerprint density at radius 3 is 2.50 bits per heavy atom. The van der Waals surface area contributed by atoms with Gasteiger partial charge in [0, 0.05) is 24.2 Å². The van der Waals surface area contributed by atoms with Crippen molar-refractivity contribution in [3.8, 4) is 11.1 Å². The molecule has 0 spiro atoms. The van der Waals surface area contributed by atoms with Crippen LogP contribution >= 0.6 is 0 Å². The van der Waals surface area contributed by atoms with Gasteiger partial charge in [0.25, 0.3) is 0 Å². The fourth-order valence-corrected chi connectivity index (χ4v) is 2.65. The average Bonchev–Trinajstić information content (AvgIpc) is 2.57. The minimum atomic E-state index is -0.165. The molecule has 1 aliphatic heterocycles. The predicted molar refractivity (Wildman–Crippen MR) is 86.2 cm³/mol. The van der Waals surface area contributed by atoms with Gasteiger partial charge < -0.3 is 10.6 Å². The Labute approximate surface area is 129 Å². The molecule has 1 aliphatic rings. The third-order valence-electron chi connectivity index (χ3n) is 3.91. The summed E-state index contributed by atoms with van der Waals surface area (Å²) in [6.45, 7) is 0.415. The predicted octanol–water partition coefficient (Wildman–Crippen LogP) is 2.82. The fourth-order valence-electron chi connectivity index (χ4n) is 2.65. The molecule has 1 heterocycles. The summed E-state index contributed by atoms with van der Waals surface area (Å²) >= 11 is 0. The Morgan fingerprint density at radius 2 is 1.77 bits per heavy atom.